The van der Waals surface area contributed by atoms with Crippen LogP contribution in [0.3, 0.4) is 0 Å². The molecule has 10 nitrogen and oxygen atoms in total. The summed E-state index contributed by atoms with van der Waals surface area (Å²) in [5, 5.41) is 39.6. The number of fused-ring (bicyclic) bond motifs is 2. The molecule has 7 rings (SSSR count). The van der Waals surface area contributed by atoms with Crippen molar-refractivity contribution in [2.75, 3.05) is 11.9 Å². The summed E-state index contributed by atoms with van der Waals surface area (Å²) in [7, 11) is 0. The number of hydrogen-bond donors (Lipinski definition) is 4. The first-order valence-corrected chi connectivity index (χ1v) is 15.1. The van der Waals surface area contributed by atoms with Crippen LogP contribution in [0.4, 0.5) is 5.82 Å². The summed E-state index contributed by atoms with van der Waals surface area (Å²) >= 11 is 1.44. The smallest absolute Gasteiger partial charge is 0.225 e. The highest BCUT2D eigenvalue weighted by molar-refractivity contribution is 7.99. The lowest BCUT2D eigenvalue weighted by molar-refractivity contribution is -0.128. The van der Waals surface area contributed by atoms with Gasteiger partial charge in [0.15, 0.2) is 22.1 Å². The number of aliphatic hydroxyl groups is 2. The van der Waals surface area contributed by atoms with E-state index < -0.39 is 24.2 Å². The predicted octanol–water partition coefficient (Wildman–Crippen LogP) is 3.91. The first kappa shape index (κ1) is 26.8. The van der Waals surface area contributed by atoms with Gasteiger partial charge < -0.3 is 20.8 Å². The van der Waals surface area contributed by atoms with Crippen molar-refractivity contribution >= 4 is 45.4 Å². The van der Waals surface area contributed by atoms with Crippen molar-refractivity contribution in [3.05, 3.63) is 78.4 Å². The molecule has 2 heterocycles. The van der Waals surface area contributed by atoms with Crippen molar-refractivity contribution in [2.24, 2.45) is 5.92 Å². The van der Waals surface area contributed by atoms with Crippen LogP contribution in [0.5, 0.6) is 0 Å². The maximum atomic E-state index is 12.6. The summed E-state index contributed by atoms with van der Waals surface area (Å²) in [6.07, 6.45) is -1.23. The molecule has 2 saturated carbocycles. The minimum atomic E-state index is -1.22. The average Bonchev–Trinajstić information content (AvgIpc) is 3.55. The molecule has 1 amide bonds. The third-order valence-corrected chi connectivity index (χ3v) is 9.08. The average molecular weight is 582 g/mol. The molecule has 6 unspecified atom stereocenters. The van der Waals surface area contributed by atoms with Gasteiger partial charge in [-0.15, -0.1) is 5.10 Å². The molecule has 6 atom stereocenters. The van der Waals surface area contributed by atoms with Crippen LogP contribution in [-0.2, 0) is 4.79 Å². The van der Waals surface area contributed by atoms with E-state index in [4.69, 9.17) is 9.97 Å². The number of amides is 1. The summed E-state index contributed by atoms with van der Waals surface area (Å²) < 4.78 is 1.54. The minimum Gasteiger partial charge on any atom is -0.390 e. The van der Waals surface area contributed by atoms with Gasteiger partial charge in [-0.3, -0.25) is 4.79 Å². The number of rotatable bonds is 8. The SMILES string of the molecule is CCNC(=O)C1CC(n2nnc3c(NC4CC4c4ccccc4)nc(Sc4ccc5ccccc5c4)nc32)C(O)C1O. The molecule has 5 aromatic rings. The van der Waals surface area contributed by atoms with Crippen molar-refractivity contribution in [3.63, 3.8) is 0 Å². The van der Waals surface area contributed by atoms with Gasteiger partial charge in [0, 0.05) is 23.4 Å². The van der Waals surface area contributed by atoms with Gasteiger partial charge in [-0.05, 0) is 60.0 Å². The quantitative estimate of drug-likeness (QED) is 0.201. The van der Waals surface area contributed by atoms with E-state index in [1.54, 1.807) is 4.68 Å². The van der Waals surface area contributed by atoms with Crippen molar-refractivity contribution in [1.29, 1.82) is 0 Å². The molecule has 2 aromatic heterocycles. The molecule has 0 aliphatic heterocycles. The van der Waals surface area contributed by atoms with E-state index in [9.17, 15) is 15.0 Å². The lowest BCUT2D eigenvalue weighted by atomic mass is 10.0. The highest BCUT2D eigenvalue weighted by Crippen LogP contribution is 2.44. The molecular formula is C31H31N7O3S. The van der Waals surface area contributed by atoms with Gasteiger partial charge in [-0.1, -0.05) is 65.9 Å². The maximum absolute atomic E-state index is 12.6. The fraction of sp³-hybridized carbons (Fsp3) is 0.323. The summed E-state index contributed by atoms with van der Waals surface area (Å²) in [5.41, 5.74) is 2.20. The number of anilines is 1. The number of nitrogens with zero attached hydrogens (tertiary/aromatic N) is 5. The Bertz CT molecular complexity index is 1760. The Labute approximate surface area is 246 Å². The molecular weight excluding hydrogens is 550 g/mol. The zero-order chi connectivity index (χ0) is 28.8. The number of nitrogens with one attached hydrogen (secondary N) is 2. The second-order valence-corrected chi connectivity index (χ2v) is 12.0. The van der Waals surface area contributed by atoms with E-state index in [2.05, 4.69) is 57.3 Å². The molecule has 42 heavy (non-hydrogen) atoms. The van der Waals surface area contributed by atoms with Gasteiger partial charge in [-0.25, -0.2) is 14.6 Å². The van der Waals surface area contributed by atoms with E-state index in [1.165, 1.54) is 17.3 Å². The Morgan fingerprint density at radius 1 is 0.976 bits per heavy atom. The molecule has 214 valence electrons. The van der Waals surface area contributed by atoms with E-state index in [0.717, 1.165) is 22.1 Å². The third-order valence-electron chi connectivity index (χ3n) is 8.23. The predicted molar refractivity (Wildman–Crippen MR) is 160 cm³/mol. The van der Waals surface area contributed by atoms with Crippen LogP contribution in [0.15, 0.2) is 82.8 Å². The molecule has 0 radical (unpaired) electrons. The Hall–Kier alpha value is -4.06. The molecule has 0 bridgehead atoms. The van der Waals surface area contributed by atoms with Crippen LogP contribution in [-0.4, -0.2) is 65.9 Å². The summed E-state index contributed by atoms with van der Waals surface area (Å²) in [5.74, 6) is -0.104. The fourth-order valence-electron chi connectivity index (χ4n) is 5.93. The Balaban J connectivity index is 1.25. The summed E-state index contributed by atoms with van der Waals surface area (Å²) in [6, 6.07) is 24.3. The molecule has 2 aliphatic rings. The van der Waals surface area contributed by atoms with Crippen molar-refractivity contribution < 1.29 is 15.0 Å². The topological polar surface area (TPSA) is 138 Å². The van der Waals surface area contributed by atoms with E-state index in [1.807, 2.05) is 43.3 Å². The number of carbonyl (C=O) groups is 1. The van der Waals surface area contributed by atoms with Crippen LogP contribution in [0, 0.1) is 5.92 Å². The standard InChI is InChI=1S/C31H31N7O3S/c1-2-32-30(41)22-16-24(27(40)26(22)39)38-29-25(36-37-38)28(33-23-15-21(23)18-9-4-3-5-10-18)34-31(35-29)42-20-13-12-17-8-6-7-11-19(17)14-20/h3-14,21-24,26-27,39-40H,2,15-16H2,1H3,(H,32,41)(H,33,34,35). The second kappa shape index (κ2) is 11.0. The number of benzene rings is 3. The maximum Gasteiger partial charge on any atom is 0.225 e. The number of hydrogen-bond acceptors (Lipinski definition) is 9. The largest absolute Gasteiger partial charge is 0.390 e. The van der Waals surface area contributed by atoms with Crippen LogP contribution in [0.25, 0.3) is 21.9 Å². The van der Waals surface area contributed by atoms with Gasteiger partial charge in [0.25, 0.3) is 0 Å². The van der Waals surface area contributed by atoms with Crippen molar-refractivity contribution in [2.45, 2.75) is 60.0 Å². The van der Waals surface area contributed by atoms with Gasteiger partial charge in [0.1, 0.15) is 6.10 Å². The third kappa shape index (κ3) is 4.97. The molecule has 2 aliphatic carbocycles. The Kier molecular flexibility index (Phi) is 7.01. The Morgan fingerprint density at radius 3 is 2.57 bits per heavy atom. The lowest BCUT2D eigenvalue weighted by Gasteiger charge is -2.17. The van der Waals surface area contributed by atoms with Crippen LogP contribution in [0.2, 0.25) is 0 Å². The number of aromatic nitrogens is 5. The highest BCUT2D eigenvalue weighted by Gasteiger charge is 2.47. The van der Waals surface area contributed by atoms with Crippen molar-refractivity contribution in [3.8, 4) is 0 Å². The normalized spacial score (nSPS) is 25.1. The Morgan fingerprint density at radius 2 is 1.76 bits per heavy atom. The van der Waals surface area contributed by atoms with Crippen LogP contribution >= 0.6 is 11.8 Å². The van der Waals surface area contributed by atoms with Gasteiger partial charge >= 0.3 is 0 Å². The van der Waals surface area contributed by atoms with E-state index in [0.29, 0.717) is 34.6 Å². The molecule has 0 saturated heterocycles. The first-order valence-electron chi connectivity index (χ1n) is 14.2. The van der Waals surface area contributed by atoms with Gasteiger partial charge in [0.05, 0.1) is 18.1 Å². The molecule has 11 heteroatoms. The van der Waals surface area contributed by atoms with E-state index in [-0.39, 0.29) is 18.4 Å². The van der Waals surface area contributed by atoms with Gasteiger partial charge in [-0.2, -0.15) is 0 Å². The molecule has 0 spiro atoms. The highest BCUT2D eigenvalue weighted by atomic mass is 32.2. The second-order valence-electron chi connectivity index (χ2n) is 11.0. The number of carbonyl (C=O) groups excluding carboxylic acids is 1. The molecule has 3 aromatic carbocycles. The van der Waals surface area contributed by atoms with Crippen LogP contribution < -0.4 is 10.6 Å². The van der Waals surface area contributed by atoms with Crippen LogP contribution in [0.1, 0.15) is 37.3 Å². The minimum absolute atomic E-state index is 0.190. The monoisotopic (exact) mass is 581 g/mol. The zero-order valence-electron chi connectivity index (χ0n) is 23.0. The molecule has 2 fully saturated rings. The summed E-state index contributed by atoms with van der Waals surface area (Å²) in [4.78, 5) is 23.3. The van der Waals surface area contributed by atoms with Gasteiger partial charge in [0.2, 0.25) is 5.91 Å². The van der Waals surface area contributed by atoms with Crippen molar-refractivity contribution in [1.82, 2.24) is 30.3 Å². The molecule has 4 N–H and O–H groups in total. The first-order chi connectivity index (χ1) is 20.5. The zero-order valence-corrected chi connectivity index (χ0v) is 23.8. The lowest BCUT2D eigenvalue weighted by Crippen LogP contribution is -2.38. The summed E-state index contributed by atoms with van der Waals surface area (Å²) in [6.45, 7) is 2.26. The fourth-order valence-corrected chi connectivity index (χ4v) is 6.73. The van der Waals surface area contributed by atoms with E-state index >= 15 is 0 Å². The number of aliphatic hydroxyl groups excluding tert-OH is 2.